The summed E-state index contributed by atoms with van der Waals surface area (Å²) in [5.41, 5.74) is 0.530. The molecule has 2 N–H and O–H groups in total. The molecule has 2 aliphatic carbocycles. The predicted octanol–water partition coefficient (Wildman–Crippen LogP) is 2.67. The van der Waals surface area contributed by atoms with Gasteiger partial charge in [0.25, 0.3) is 0 Å². The Labute approximate surface area is 104 Å². The van der Waals surface area contributed by atoms with Gasteiger partial charge in [0, 0.05) is 0 Å². The number of allylic oxidation sites excluding steroid dienone is 2. The maximum Gasteiger partial charge on any atom is 0.103 e. The van der Waals surface area contributed by atoms with E-state index in [1.807, 2.05) is 6.08 Å². The normalized spacial score (nSPS) is 40.1. The molecule has 2 saturated carbocycles. The van der Waals surface area contributed by atoms with E-state index < -0.39 is 5.60 Å². The Balaban J connectivity index is 2.02. The maximum atomic E-state index is 9.72. The van der Waals surface area contributed by atoms with Crippen molar-refractivity contribution in [1.82, 2.24) is 0 Å². The fraction of sp³-hybridized carbons (Fsp3) is 0.733. The highest BCUT2D eigenvalue weighted by Gasteiger charge is 2.49. The highest BCUT2D eigenvalue weighted by atomic mass is 16.3. The first-order valence-corrected chi connectivity index (χ1v) is 6.59. The highest BCUT2D eigenvalue weighted by Crippen LogP contribution is 2.60. The molecule has 0 aromatic carbocycles. The van der Waals surface area contributed by atoms with E-state index in [1.54, 1.807) is 13.0 Å². The van der Waals surface area contributed by atoms with E-state index in [1.165, 1.54) is 24.8 Å². The molecule has 2 rings (SSSR count). The third-order valence-corrected chi connectivity index (χ3v) is 4.90. The van der Waals surface area contributed by atoms with Gasteiger partial charge in [0.2, 0.25) is 0 Å². The lowest BCUT2D eigenvalue weighted by Gasteiger charge is -2.35. The second-order valence-electron chi connectivity index (χ2n) is 6.27. The molecular formula is C15H24O2. The molecule has 2 bridgehead atoms. The summed E-state index contributed by atoms with van der Waals surface area (Å²) >= 11 is 0. The predicted molar refractivity (Wildman–Crippen MR) is 69.5 cm³/mol. The SMILES string of the molecule is C=C1[C@@H]2CC[C@@H](C2)[C@@]1(C)C/C=C/[C@](C)(O)CO. The Morgan fingerprint density at radius 2 is 2.24 bits per heavy atom. The Morgan fingerprint density at radius 3 is 2.76 bits per heavy atom. The molecule has 4 atom stereocenters. The summed E-state index contributed by atoms with van der Waals surface area (Å²) in [7, 11) is 0. The first-order chi connectivity index (χ1) is 7.89. The van der Waals surface area contributed by atoms with Crippen molar-refractivity contribution in [3.05, 3.63) is 24.3 Å². The molecule has 0 spiro atoms. The van der Waals surface area contributed by atoms with Crippen LogP contribution in [0.2, 0.25) is 0 Å². The molecule has 0 amide bonds. The molecule has 0 aromatic rings. The number of aliphatic hydroxyl groups excluding tert-OH is 1. The van der Waals surface area contributed by atoms with E-state index >= 15 is 0 Å². The van der Waals surface area contributed by atoms with Crippen molar-refractivity contribution in [3.63, 3.8) is 0 Å². The van der Waals surface area contributed by atoms with Crippen molar-refractivity contribution in [1.29, 1.82) is 0 Å². The fourth-order valence-corrected chi connectivity index (χ4v) is 3.51. The summed E-state index contributed by atoms with van der Waals surface area (Å²) in [6, 6.07) is 0. The monoisotopic (exact) mass is 236 g/mol. The van der Waals surface area contributed by atoms with Crippen LogP contribution in [0, 0.1) is 17.3 Å². The summed E-state index contributed by atoms with van der Waals surface area (Å²) in [6.45, 7) is 7.98. The Bertz CT molecular complexity index is 343. The van der Waals surface area contributed by atoms with Gasteiger partial charge in [-0.1, -0.05) is 31.2 Å². The average Bonchev–Trinajstić information content (AvgIpc) is 2.83. The first-order valence-electron chi connectivity index (χ1n) is 6.59. The first kappa shape index (κ1) is 12.8. The summed E-state index contributed by atoms with van der Waals surface area (Å²) in [5, 5.41) is 18.7. The molecule has 2 heteroatoms. The van der Waals surface area contributed by atoms with E-state index in [9.17, 15) is 5.11 Å². The lowest BCUT2D eigenvalue weighted by atomic mass is 9.69. The zero-order valence-corrected chi connectivity index (χ0v) is 10.9. The Morgan fingerprint density at radius 1 is 1.53 bits per heavy atom. The minimum Gasteiger partial charge on any atom is -0.393 e. The number of rotatable bonds is 4. The fourth-order valence-electron chi connectivity index (χ4n) is 3.51. The van der Waals surface area contributed by atoms with E-state index in [-0.39, 0.29) is 12.0 Å². The molecule has 17 heavy (non-hydrogen) atoms. The summed E-state index contributed by atoms with van der Waals surface area (Å²) in [6.07, 6.45) is 8.61. The zero-order valence-electron chi connectivity index (χ0n) is 10.9. The van der Waals surface area contributed by atoms with Crippen LogP contribution in [-0.4, -0.2) is 22.4 Å². The van der Waals surface area contributed by atoms with Gasteiger partial charge in [-0.15, -0.1) is 0 Å². The second kappa shape index (κ2) is 4.25. The van der Waals surface area contributed by atoms with Gasteiger partial charge < -0.3 is 10.2 Å². The van der Waals surface area contributed by atoms with Gasteiger partial charge in [-0.05, 0) is 49.9 Å². The lowest BCUT2D eigenvalue weighted by molar-refractivity contribution is 0.0431. The van der Waals surface area contributed by atoms with Crippen molar-refractivity contribution in [2.75, 3.05) is 6.61 Å². The van der Waals surface area contributed by atoms with Crippen LogP contribution in [0.25, 0.3) is 0 Å². The molecule has 2 fully saturated rings. The third-order valence-electron chi connectivity index (χ3n) is 4.90. The van der Waals surface area contributed by atoms with Crippen molar-refractivity contribution in [2.45, 2.75) is 45.1 Å². The standard InChI is InChI=1S/C15H24O2/c1-11-12-5-6-13(9-12)15(11,3)8-4-7-14(2,17)10-16/h4,7,12-13,16-17H,1,5-6,8-10H2,2-3H3/b7-4+/t12-,13+,14+,15+/m1/s1. The van der Waals surface area contributed by atoms with Crippen LogP contribution in [0.1, 0.15) is 39.5 Å². The van der Waals surface area contributed by atoms with Crippen LogP contribution in [0.4, 0.5) is 0 Å². The van der Waals surface area contributed by atoms with Gasteiger partial charge in [-0.3, -0.25) is 0 Å². The number of hydrogen-bond acceptors (Lipinski definition) is 2. The van der Waals surface area contributed by atoms with Gasteiger partial charge in [0.05, 0.1) is 6.61 Å². The maximum absolute atomic E-state index is 9.72. The Kier molecular flexibility index (Phi) is 3.21. The van der Waals surface area contributed by atoms with Crippen LogP contribution in [0.15, 0.2) is 24.3 Å². The number of fused-ring (bicyclic) bond motifs is 2. The van der Waals surface area contributed by atoms with Gasteiger partial charge in [-0.25, -0.2) is 0 Å². The largest absolute Gasteiger partial charge is 0.393 e. The second-order valence-corrected chi connectivity index (χ2v) is 6.27. The topological polar surface area (TPSA) is 40.5 Å². The summed E-state index contributed by atoms with van der Waals surface area (Å²) < 4.78 is 0. The third kappa shape index (κ3) is 2.21. The quantitative estimate of drug-likeness (QED) is 0.737. The van der Waals surface area contributed by atoms with Crippen LogP contribution in [0.5, 0.6) is 0 Å². The van der Waals surface area contributed by atoms with Gasteiger partial charge in [0.1, 0.15) is 5.60 Å². The van der Waals surface area contributed by atoms with Crippen LogP contribution >= 0.6 is 0 Å². The van der Waals surface area contributed by atoms with Gasteiger partial charge in [-0.2, -0.15) is 0 Å². The van der Waals surface area contributed by atoms with Gasteiger partial charge >= 0.3 is 0 Å². The lowest BCUT2D eigenvalue weighted by Crippen LogP contribution is -2.27. The molecule has 0 radical (unpaired) electrons. The molecule has 0 unspecified atom stereocenters. The summed E-state index contributed by atoms with van der Waals surface area (Å²) in [4.78, 5) is 0. The smallest absolute Gasteiger partial charge is 0.103 e. The minimum absolute atomic E-state index is 0.213. The van der Waals surface area contributed by atoms with Crippen LogP contribution < -0.4 is 0 Å². The van der Waals surface area contributed by atoms with E-state index in [0.717, 1.165) is 18.3 Å². The molecule has 2 aliphatic rings. The van der Waals surface area contributed by atoms with Crippen molar-refractivity contribution in [2.24, 2.45) is 17.3 Å². The molecule has 0 saturated heterocycles. The van der Waals surface area contributed by atoms with Crippen LogP contribution in [-0.2, 0) is 0 Å². The minimum atomic E-state index is -1.09. The van der Waals surface area contributed by atoms with E-state index in [0.29, 0.717) is 0 Å². The van der Waals surface area contributed by atoms with Crippen molar-refractivity contribution in [3.8, 4) is 0 Å². The highest BCUT2D eigenvalue weighted by molar-refractivity contribution is 5.25. The molecule has 0 heterocycles. The molecular weight excluding hydrogens is 212 g/mol. The molecule has 2 nitrogen and oxygen atoms in total. The Hall–Kier alpha value is -0.600. The average molecular weight is 236 g/mol. The summed E-state index contributed by atoms with van der Waals surface area (Å²) in [5.74, 6) is 1.50. The molecule has 0 aromatic heterocycles. The van der Waals surface area contributed by atoms with E-state index in [2.05, 4.69) is 13.5 Å². The van der Waals surface area contributed by atoms with Gasteiger partial charge in [0.15, 0.2) is 0 Å². The van der Waals surface area contributed by atoms with Crippen LogP contribution in [0.3, 0.4) is 0 Å². The number of aliphatic hydroxyl groups is 2. The molecule has 96 valence electrons. The van der Waals surface area contributed by atoms with Crippen molar-refractivity contribution < 1.29 is 10.2 Å². The number of hydrogen-bond donors (Lipinski definition) is 2. The van der Waals surface area contributed by atoms with Crippen molar-refractivity contribution >= 4 is 0 Å². The zero-order chi connectivity index (χ0) is 12.7. The van der Waals surface area contributed by atoms with E-state index in [4.69, 9.17) is 5.11 Å². The molecule has 0 aliphatic heterocycles.